The molecule has 70 valence electrons. The summed E-state index contributed by atoms with van der Waals surface area (Å²) >= 11 is 0. The standard InChI is InChI=1S/C10H15N3/c1-3-10(2)7-13(8-10)9-11-5-4-6-12-9/h4-6H,3,7-8H2,1-2H3. The molecule has 0 atom stereocenters. The molecule has 1 aromatic rings. The van der Waals surface area contributed by atoms with Gasteiger partial charge in [-0.1, -0.05) is 13.8 Å². The highest BCUT2D eigenvalue weighted by molar-refractivity contribution is 5.34. The highest BCUT2D eigenvalue weighted by Gasteiger charge is 2.38. The van der Waals surface area contributed by atoms with E-state index in [1.807, 2.05) is 6.07 Å². The molecule has 1 fully saturated rings. The van der Waals surface area contributed by atoms with Crippen molar-refractivity contribution in [2.45, 2.75) is 20.3 Å². The third kappa shape index (κ3) is 1.50. The van der Waals surface area contributed by atoms with Crippen LogP contribution in [0.25, 0.3) is 0 Å². The van der Waals surface area contributed by atoms with E-state index in [1.54, 1.807) is 12.4 Å². The van der Waals surface area contributed by atoms with E-state index in [9.17, 15) is 0 Å². The van der Waals surface area contributed by atoms with E-state index in [2.05, 4.69) is 28.7 Å². The van der Waals surface area contributed by atoms with Crippen LogP contribution in [0, 0.1) is 5.41 Å². The fourth-order valence-corrected chi connectivity index (χ4v) is 1.69. The largest absolute Gasteiger partial charge is 0.340 e. The lowest BCUT2D eigenvalue weighted by Gasteiger charge is -2.47. The van der Waals surface area contributed by atoms with Crippen LogP contribution in [0.1, 0.15) is 20.3 Å². The van der Waals surface area contributed by atoms with E-state index >= 15 is 0 Å². The Bertz CT molecular complexity index is 277. The molecule has 3 heteroatoms. The van der Waals surface area contributed by atoms with Crippen molar-refractivity contribution in [3.8, 4) is 0 Å². The summed E-state index contributed by atoms with van der Waals surface area (Å²) in [6, 6.07) is 1.85. The first-order valence-electron chi connectivity index (χ1n) is 4.75. The summed E-state index contributed by atoms with van der Waals surface area (Å²) in [4.78, 5) is 10.7. The van der Waals surface area contributed by atoms with E-state index in [4.69, 9.17) is 0 Å². The molecule has 0 N–H and O–H groups in total. The van der Waals surface area contributed by atoms with E-state index in [0.29, 0.717) is 5.41 Å². The molecule has 0 amide bonds. The third-order valence-electron chi connectivity index (χ3n) is 2.83. The topological polar surface area (TPSA) is 29.0 Å². The van der Waals surface area contributed by atoms with E-state index in [-0.39, 0.29) is 0 Å². The smallest absolute Gasteiger partial charge is 0.225 e. The number of anilines is 1. The predicted molar refractivity (Wildman–Crippen MR) is 52.6 cm³/mol. The summed E-state index contributed by atoms with van der Waals surface area (Å²) < 4.78 is 0. The van der Waals surface area contributed by atoms with Gasteiger partial charge in [-0.25, -0.2) is 9.97 Å². The molecule has 0 aliphatic carbocycles. The minimum atomic E-state index is 0.485. The van der Waals surface area contributed by atoms with Gasteiger partial charge in [0.15, 0.2) is 0 Å². The summed E-state index contributed by atoms with van der Waals surface area (Å²) in [5.74, 6) is 0.869. The molecule has 13 heavy (non-hydrogen) atoms. The fourth-order valence-electron chi connectivity index (χ4n) is 1.69. The number of aromatic nitrogens is 2. The van der Waals surface area contributed by atoms with E-state index in [1.165, 1.54) is 6.42 Å². The molecule has 0 radical (unpaired) electrons. The van der Waals surface area contributed by atoms with Gasteiger partial charge in [0.2, 0.25) is 5.95 Å². The molecular weight excluding hydrogens is 162 g/mol. The van der Waals surface area contributed by atoms with Crippen molar-refractivity contribution in [2.24, 2.45) is 5.41 Å². The van der Waals surface area contributed by atoms with Crippen molar-refractivity contribution in [3.05, 3.63) is 18.5 Å². The highest BCUT2D eigenvalue weighted by atomic mass is 15.3. The Morgan fingerprint density at radius 3 is 2.54 bits per heavy atom. The molecule has 0 unspecified atom stereocenters. The second-order valence-electron chi connectivity index (χ2n) is 4.07. The maximum Gasteiger partial charge on any atom is 0.225 e. The van der Waals surface area contributed by atoms with Crippen LogP contribution in [-0.2, 0) is 0 Å². The minimum absolute atomic E-state index is 0.485. The molecule has 1 saturated heterocycles. The van der Waals surface area contributed by atoms with Gasteiger partial charge in [0.1, 0.15) is 0 Å². The molecular formula is C10H15N3. The maximum atomic E-state index is 4.22. The van der Waals surface area contributed by atoms with Gasteiger partial charge in [-0.2, -0.15) is 0 Å². The second-order valence-corrected chi connectivity index (χ2v) is 4.07. The molecule has 2 rings (SSSR count). The number of hydrogen-bond donors (Lipinski definition) is 0. The van der Waals surface area contributed by atoms with Gasteiger partial charge in [0, 0.05) is 30.9 Å². The lowest BCUT2D eigenvalue weighted by molar-refractivity contribution is 0.230. The monoisotopic (exact) mass is 177 g/mol. The van der Waals surface area contributed by atoms with Crippen LogP contribution in [0.4, 0.5) is 5.95 Å². The normalized spacial score (nSPS) is 19.7. The van der Waals surface area contributed by atoms with Crippen LogP contribution < -0.4 is 4.90 Å². The quantitative estimate of drug-likeness (QED) is 0.688. The molecule has 0 spiro atoms. The number of hydrogen-bond acceptors (Lipinski definition) is 3. The fraction of sp³-hybridized carbons (Fsp3) is 0.600. The summed E-state index contributed by atoms with van der Waals surface area (Å²) in [5, 5.41) is 0. The molecule has 0 saturated carbocycles. The van der Waals surface area contributed by atoms with Crippen molar-refractivity contribution >= 4 is 5.95 Å². The van der Waals surface area contributed by atoms with Crippen LogP contribution in [0.15, 0.2) is 18.5 Å². The van der Waals surface area contributed by atoms with Crippen molar-refractivity contribution in [3.63, 3.8) is 0 Å². The molecule has 0 bridgehead atoms. The van der Waals surface area contributed by atoms with Gasteiger partial charge in [0.05, 0.1) is 0 Å². The van der Waals surface area contributed by atoms with Gasteiger partial charge in [-0.3, -0.25) is 0 Å². The Morgan fingerprint density at radius 1 is 1.38 bits per heavy atom. The van der Waals surface area contributed by atoms with Crippen LogP contribution in [0.2, 0.25) is 0 Å². The molecule has 2 heterocycles. The van der Waals surface area contributed by atoms with Gasteiger partial charge in [0.25, 0.3) is 0 Å². The molecule has 0 aromatic carbocycles. The molecule has 3 nitrogen and oxygen atoms in total. The number of nitrogens with zero attached hydrogens (tertiary/aromatic N) is 3. The summed E-state index contributed by atoms with van der Waals surface area (Å²) in [5.41, 5.74) is 0.485. The van der Waals surface area contributed by atoms with Gasteiger partial charge in [-0.05, 0) is 12.5 Å². The van der Waals surface area contributed by atoms with Crippen molar-refractivity contribution < 1.29 is 0 Å². The molecule has 1 aliphatic heterocycles. The maximum absolute atomic E-state index is 4.22. The predicted octanol–water partition coefficient (Wildman–Crippen LogP) is 1.71. The first kappa shape index (κ1) is 8.48. The van der Waals surface area contributed by atoms with Crippen LogP contribution in [0.3, 0.4) is 0 Å². The SMILES string of the molecule is CCC1(C)CN(c2ncccn2)C1. The zero-order valence-corrected chi connectivity index (χ0v) is 8.20. The average Bonchev–Trinajstić information content (AvgIpc) is 2.14. The van der Waals surface area contributed by atoms with Crippen molar-refractivity contribution in [2.75, 3.05) is 18.0 Å². The van der Waals surface area contributed by atoms with E-state index in [0.717, 1.165) is 19.0 Å². The van der Waals surface area contributed by atoms with Gasteiger partial charge < -0.3 is 4.90 Å². The summed E-state index contributed by atoms with van der Waals surface area (Å²) in [6.45, 7) is 6.73. The minimum Gasteiger partial charge on any atom is -0.340 e. The third-order valence-corrected chi connectivity index (χ3v) is 2.83. The first-order valence-corrected chi connectivity index (χ1v) is 4.75. The Morgan fingerprint density at radius 2 is 2.00 bits per heavy atom. The summed E-state index contributed by atoms with van der Waals surface area (Å²) in [6.07, 6.45) is 4.82. The first-order chi connectivity index (χ1) is 6.23. The van der Waals surface area contributed by atoms with E-state index < -0.39 is 0 Å². The Balaban J connectivity index is 2.01. The highest BCUT2D eigenvalue weighted by Crippen LogP contribution is 2.34. The lowest BCUT2D eigenvalue weighted by Crippen LogP contribution is -2.55. The van der Waals surface area contributed by atoms with Crippen LogP contribution in [-0.4, -0.2) is 23.1 Å². The number of rotatable bonds is 2. The zero-order valence-electron chi connectivity index (χ0n) is 8.20. The van der Waals surface area contributed by atoms with Gasteiger partial charge >= 0.3 is 0 Å². The molecule has 1 aromatic heterocycles. The zero-order chi connectivity index (χ0) is 9.31. The van der Waals surface area contributed by atoms with Crippen LogP contribution >= 0.6 is 0 Å². The van der Waals surface area contributed by atoms with Crippen LogP contribution in [0.5, 0.6) is 0 Å². The Hall–Kier alpha value is -1.12. The molecule has 1 aliphatic rings. The Labute approximate surface area is 78.8 Å². The second kappa shape index (κ2) is 2.98. The van der Waals surface area contributed by atoms with Crippen molar-refractivity contribution in [1.82, 2.24) is 9.97 Å². The summed E-state index contributed by atoms with van der Waals surface area (Å²) in [7, 11) is 0. The van der Waals surface area contributed by atoms with Crippen molar-refractivity contribution in [1.29, 1.82) is 0 Å². The Kier molecular flexibility index (Phi) is 1.94. The average molecular weight is 177 g/mol. The van der Waals surface area contributed by atoms with Gasteiger partial charge in [-0.15, -0.1) is 0 Å². The lowest BCUT2D eigenvalue weighted by atomic mass is 9.80.